The predicted octanol–water partition coefficient (Wildman–Crippen LogP) is 2.21. The molecule has 2 aromatic heterocycles. The summed E-state index contributed by atoms with van der Waals surface area (Å²) < 4.78 is 1.92. The number of aromatic nitrogens is 2. The molecule has 0 amide bonds. The van der Waals surface area contributed by atoms with Crippen LogP contribution in [0.25, 0.3) is 5.52 Å². The quantitative estimate of drug-likeness (QED) is 0.746. The maximum atomic E-state index is 10.9. The number of pyridine rings is 1. The molecule has 1 saturated heterocycles. The van der Waals surface area contributed by atoms with E-state index < -0.39 is 6.10 Å². The summed E-state index contributed by atoms with van der Waals surface area (Å²) in [5.41, 5.74) is 4.55. The maximum Gasteiger partial charge on any atom is 0.0745 e. The van der Waals surface area contributed by atoms with Gasteiger partial charge in [-0.2, -0.15) is 5.10 Å². The van der Waals surface area contributed by atoms with Gasteiger partial charge in [0.05, 0.1) is 17.8 Å². The number of aliphatic hydroxyl groups is 2. The molecule has 1 saturated carbocycles. The van der Waals surface area contributed by atoms with Gasteiger partial charge in [0.2, 0.25) is 0 Å². The fourth-order valence-electron chi connectivity index (χ4n) is 5.43. The maximum absolute atomic E-state index is 10.9. The van der Waals surface area contributed by atoms with Crippen molar-refractivity contribution in [2.45, 2.75) is 25.5 Å². The Balaban J connectivity index is 1.41. The smallest absolute Gasteiger partial charge is 0.0745 e. The van der Waals surface area contributed by atoms with Crippen LogP contribution in [0.2, 0.25) is 0 Å². The van der Waals surface area contributed by atoms with Crippen molar-refractivity contribution >= 4 is 5.52 Å². The van der Waals surface area contributed by atoms with Gasteiger partial charge in [-0.1, -0.05) is 36.4 Å². The molecule has 3 aromatic rings. The second-order valence-electron chi connectivity index (χ2n) is 8.13. The van der Waals surface area contributed by atoms with E-state index in [4.69, 9.17) is 0 Å². The summed E-state index contributed by atoms with van der Waals surface area (Å²) in [5, 5.41) is 25.4. The number of hydrogen-bond acceptors (Lipinski definition) is 4. The topological polar surface area (TPSA) is 61.0 Å². The van der Waals surface area contributed by atoms with E-state index in [9.17, 15) is 10.2 Å². The highest BCUT2D eigenvalue weighted by atomic mass is 16.3. The molecule has 1 spiro atoms. The fourth-order valence-corrected chi connectivity index (χ4v) is 5.43. The summed E-state index contributed by atoms with van der Waals surface area (Å²) in [6.45, 7) is 4.45. The Morgan fingerprint density at radius 2 is 2.00 bits per heavy atom. The average molecular weight is 363 g/mol. The molecule has 2 N–H and O–H groups in total. The first kappa shape index (κ1) is 16.9. The van der Waals surface area contributed by atoms with E-state index in [0.29, 0.717) is 6.54 Å². The van der Waals surface area contributed by atoms with E-state index in [1.165, 1.54) is 16.7 Å². The van der Waals surface area contributed by atoms with Gasteiger partial charge >= 0.3 is 0 Å². The third-order valence-electron chi connectivity index (χ3n) is 6.68. The standard InChI is InChI=1S/C22H25N3O2/c1-15-6-5-9-25-21(15)17(10-23-25)11-24-12-19(27)22(14-24)18(13-26)20(22)16-7-3-2-4-8-16/h2-10,18-20,26-27H,11-14H2,1H3/t18-,19-,20-,22-/m1/s1. The van der Waals surface area contributed by atoms with Crippen molar-refractivity contribution in [3.05, 3.63) is 71.5 Å². The number of nitrogens with zero attached hydrogens (tertiary/aromatic N) is 3. The van der Waals surface area contributed by atoms with E-state index in [0.717, 1.165) is 18.6 Å². The van der Waals surface area contributed by atoms with E-state index in [-0.39, 0.29) is 23.9 Å². The molecule has 5 rings (SSSR count). The molecule has 4 atom stereocenters. The number of fused-ring (bicyclic) bond motifs is 1. The van der Waals surface area contributed by atoms with Gasteiger partial charge in [0.25, 0.3) is 0 Å². The minimum Gasteiger partial charge on any atom is -0.396 e. The summed E-state index contributed by atoms with van der Waals surface area (Å²) >= 11 is 0. The van der Waals surface area contributed by atoms with Crippen molar-refractivity contribution in [2.24, 2.45) is 11.3 Å². The third-order valence-corrected chi connectivity index (χ3v) is 6.68. The molecule has 140 valence electrons. The number of likely N-dealkylation sites (tertiary alicyclic amines) is 1. The molecule has 1 aromatic carbocycles. The summed E-state index contributed by atoms with van der Waals surface area (Å²) in [5.74, 6) is 0.361. The second-order valence-corrected chi connectivity index (χ2v) is 8.13. The lowest BCUT2D eigenvalue weighted by Gasteiger charge is -2.16. The molecule has 1 aliphatic carbocycles. The Hall–Kier alpha value is -2.21. The zero-order valence-electron chi connectivity index (χ0n) is 15.5. The Kier molecular flexibility index (Phi) is 3.86. The first-order valence-electron chi connectivity index (χ1n) is 9.63. The summed E-state index contributed by atoms with van der Waals surface area (Å²) in [6.07, 6.45) is 3.49. The number of β-amino-alcohol motifs (C(OH)–C–C–N with tert-alkyl or cyclic N) is 1. The molecule has 27 heavy (non-hydrogen) atoms. The molecule has 0 unspecified atom stereocenters. The molecule has 5 nitrogen and oxygen atoms in total. The molecule has 0 radical (unpaired) electrons. The highest BCUT2D eigenvalue weighted by Crippen LogP contribution is 2.68. The number of rotatable bonds is 4. The Labute approximate surface area is 158 Å². The van der Waals surface area contributed by atoms with Gasteiger partial charge in [0.1, 0.15) is 0 Å². The van der Waals surface area contributed by atoms with Crippen molar-refractivity contribution in [1.82, 2.24) is 14.5 Å². The van der Waals surface area contributed by atoms with E-state index in [2.05, 4.69) is 35.1 Å². The lowest BCUT2D eigenvalue weighted by atomic mass is 9.95. The van der Waals surface area contributed by atoms with Crippen LogP contribution in [-0.2, 0) is 6.54 Å². The molecule has 3 heterocycles. The largest absolute Gasteiger partial charge is 0.396 e. The van der Waals surface area contributed by atoms with Gasteiger partial charge < -0.3 is 10.2 Å². The van der Waals surface area contributed by atoms with Crippen molar-refractivity contribution in [1.29, 1.82) is 0 Å². The minimum atomic E-state index is -0.414. The van der Waals surface area contributed by atoms with E-state index in [1.54, 1.807) is 0 Å². The monoisotopic (exact) mass is 363 g/mol. The minimum absolute atomic E-state index is 0.125. The fraction of sp³-hybridized carbons (Fsp3) is 0.409. The molecular formula is C22H25N3O2. The van der Waals surface area contributed by atoms with Crippen molar-refractivity contribution in [3.8, 4) is 0 Å². The highest BCUT2D eigenvalue weighted by Gasteiger charge is 2.70. The van der Waals surface area contributed by atoms with Crippen LogP contribution < -0.4 is 0 Å². The van der Waals surface area contributed by atoms with E-state index in [1.807, 2.05) is 41.2 Å². The molecule has 2 fully saturated rings. The van der Waals surface area contributed by atoms with Gasteiger partial charge in [-0.25, -0.2) is 4.52 Å². The van der Waals surface area contributed by atoms with Crippen LogP contribution in [-0.4, -0.2) is 50.5 Å². The first-order chi connectivity index (χ1) is 13.1. The van der Waals surface area contributed by atoms with Crippen molar-refractivity contribution in [3.63, 3.8) is 0 Å². The van der Waals surface area contributed by atoms with E-state index >= 15 is 0 Å². The van der Waals surface area contributed by atoms with Crippen LogP contribution >= 0.6 is 0 Å². The second kappa shape index (κ2) is 6.16. The van der Waals surface area contributed by atoms with Gasteiger partial charge in [-0.05, 0) is 36.0 Å². The Morgan fingerprint density at radius 3 is 2.78 bits per heavy atom. The number of hydrogen-bond donors (Lipinski definition) is 2. The van der Waals surface area contributed by atoms with Gasteiger partial charge in [-0.15, -0.1) is 0 Å². The third kappa shape index (κ3) is 2.46. The van der Waals surface area contributed by atoms with Crippen LogP contribution in [0.4, 0.5) is 0 Å². The highest BCUT2D eigenvalue weighted by molar-refractivity contribution is 5.59. The zero-order valence-corrected chi connectivity index (χ0v) is 15.5. The number of aryl methyl sites for hydroxylation is 1. The molecule has 0 bridgehead atoms. The van der Waals surface area contributed by atoms with Crippen LogP contribution in [0.3, 0.4) is 0 Å². The van der Waals surface area contributed by atoms with Gasteiger partial charge in [-0.3, -0.25) is 4.90 Å². The Bertz CT molecular complexity index is 970. The average Bonchev–Trinajstić information content (AvgIpc) is 2.94. The van der Waals surface area contributed by atoms with Crippen LogP contribution in [0.15, 0.2) is 54.9 Å². The molecule has 2 aliphatic rings. The van der Waals surface area contributed by atoms with Crippen LogP contribution in [0, 0.1) is 18.3 Å². The van der Waals surface area contributed by atoms with Crippen molar-refractivity contribution < 1.29 is 10.2 Å². The SMILES string of the molecule is Cc1cccn2ncc(CN3C[C@@H](O)[C@@]4(C3)[C@H](CO)[C@H]4c3ccccc3)c12. The summed E-state index contributed by atoms with van der Waals surface area (Å²) in [4.78, 5) is 2.32. The van der Waals surface area contributed by atoms with Gasteiger partial charge in [0.15, 0.2) is 0 Å². The summed E-state index contributed by atoms with van der Waals surface area (Å²) in [6, 6.07) is 14.4. The zero-order chi connectivity index (χ0) is 18.6. The normalized spacial score (nSPS) is 30.4. The van der Waals surface area contributed by atoms with Crippen LogP contribution in [0.5, 0.6) is 0 Å². The van der Waals surface area contributed by atoms with Crippen LogP contribution in [0.1, 0.15) is 22.6 Å². The Morgan fingerprint density at radius 1 is 1.19 bits per heavy atom. The summed E-state index contributed by atoms with van der Waals surface area (Å²) in [7, 11) is 0. The van der Waals surface area contributed by atoms with Gasteiger partial charge in [0, 0.05) is 43.4 Å². The van der Waals surface area contributed by atoms with Crippen molar-refractivity contribution in [2.75, 3.05) is 19.7 Å². The number of benzene rings is 1. The first-order valence-corrected chi connectivity index (χ1v) is 9.63. The lowest BCUT2D eigenvalue weighted by Crippen LogP contribution is -2.23. The molecule has 5 heteroatoms. The lowest BCUT2D eigenvalue weighted by molar-refractivity contribution is 0.111. The number of aliphatic hydroxyl groups excluding tert-OH is 2. The predicted molar refractivity (Wildman–Crippen MR) is 103 cm³/mol. The molecular weight excluding hydrogens is 338 g/mol. The molecule has 1 aliphatic heterocycles.